The zero-order valence-corrected chi connectivity index (χ0v) is 9.48. The van der Waals surface area contributed by atoms with Crippen molar-refractivity contribution < 1.29 is 9.90 Å². The van der Waals surface area contributed by atoms with Crippen molar-refractivity contribution in [2.45, 2.75) is 32.2 Å². The maximum atomic E-state index is 10.8. The molecule has 1 fully saturated rings. The number of hydrogen-bond donors (Lipinski definition) is 2. The first-order valence-electron chi connectivity index (χ1n) is 5.28. The van der Waals surface area contributed by atoms with Crippen molar-refractivity contribution >= 4 is 17.7 Å². The molecule has 0 radical (unpaired) electrons. The Morgan fingerprint density at radius 1 is 1.71 bits per heavy atom. The van der Waals surface area contributed by atoms with Crippen LogP contribution in [0.25, 0.3) is 0 Å². The molecule has 82 valence electrons. The summed E-state index contributed by atoms with van der Waals surface area (Å²) in [5.74, 6) is 2.39. The van der Waals surface area contributed by atoms with Gasteiger partial charge >= 0.3 is 5.97 Å². The SMILES string of the molecule is CCCC(NCC1CCSC1)C(=O)O. The van der Waals surface area contributed by atoms with E-state index in [2.05, 4.69) is 5.32 Å². The van der Waals surface area contributed by atoms with Gasteiger partial charge in [0.1, 0.15) is 6.04 Å². The van der Waals surface area contributed by atoms with E-state index >= 15 is 0 Å². The lowest BCUT2D eigenvalue weighted by molar-refractivity contribution is -0.139. The third kappa shape index (κ3) is 3.88. The van der Waals surface area contributed by atoms with Crippen molar-refractivity contribution in [1.29, 1.82) is 0 Å². The van der Waals surface area contributed by atoms with Crippen LogP contribution in [0.1, 0.15) is 26.2 Å². The van der Waals surface area contributed by atoms with Crippen LogP contribution in [0, 0.1) is 5.92 Å². The molecule has 0 spiro atoms. The first-order valence-corrected chi connectivity index (χ1v) is 6.43. The zero-order chi connectivity index (χ0) is 10.4. The highest BCUT2D eigenvalue weighted by molar-refractivity contribution is 7.99. The van der Waals surface area contributed by atoms with Crippen molar-refractivity contribution in [1.82, 2.24) is 5.32 Å². The number of rotatable bonds is 6. The quantitative estimate of drug-likeness (QED) is 0.709. The van der Waals surface area contributed by atoms with Gasteiger partial charge in [-0.15, -0.1) is 0 Å². The summed E-state index contributed by atoms with van der Waals surface area (Å²) in [7, 11) is 0. The first-order chi connectivity index (χ1) is 6.74. The van der Waals surface area contributed by atoms with Crippen molar-refractivity contribution in [2.75, 3.05) is 18.1 Å². The number of thioether (sulfide) groups is 1. The van der Waals surface area contributed by atoms with Crippen LogP contribution in [0.2, 0.25) is 0 Å². The molecule has 4 heteroatoms. The normalized spacial score (nSPS) is 23.6. The van der Waals surface area contributed by atoms with E-state index in [0.29, 0.717) is 5.92 Å². The third-order valence-electron chi connectivity index (χ3n) is 2.55. The number of carbonyl (C=O) groups is 1. The summed E-state index contributed by atoms with van der Waals surface area (Å²) in [4.78, 5) is 10.8. The molecular formula is C10H19NO2S. The number of aliphatic carboxylic acids is 1. The van der Waals surface area contributed by atoms with E-state index < -0.39 is 5.97 Å². The van der Waals surface area contributed by atoms with Crippen LogP contribution in [0.4, 0.5) is 0 Å². The molecule has 0 aromatic carbocycles. The van der Waals surface area contributed by atoms with Gasteiger partial charge in [-0.1, -0.05) is 13.3 Å². The van der Waals surface area contributed by atoms with E-state index in [1.54, 1.807) is 0 Å². The molecule has 0 aromatic rings. The highest BCUT2D eigenvalue weighted by atomic mass is 32.2. The van der Waals surface area contributed by atoms with Crippen molar-refractivity contribution in [3.63, 3.8) is 0 Å². The maximum Gasteiger partial charge on any atom is 0.320 e. The molecule has 2 unspecified atom stereocenters. The predicted molar refractivity (Wildman–Crippen MR) is 59.8 cm³/mol. The van der Waals surface area contributed by atoms with E-state index in [1.165, 1.54) is 17.9 Å². The molecule has 0 saturated carbocycles. The number of nitrogens with one attached hydrogen (secondary N) is 1. The smallest absolute Gasteiger partial charge is 0.320 e. The Morgan fingerprint density at radius 3 is 3.00 bits per heavy atom. The molecule has 1 rings (SSSR count). The maximum absolute atomic E-state index is 10.8. The third-order valence-corrected chi connectivity index (χ3v) is 3.78. The Labute approximate surface area is 89.6 Å². The minimum Gasteiger partial charge on any atom is -0.480 e. The average molecular weight is 217 g/mol. The minimum absolute atomic E-state index is 0.342. The largest absolute Gasteiger partial charge is 0.480 e. The summed E-state index contributed by atoms with van der Waals surface area (Å²) in [5, 5.41) is 12.1. The second-order valence-electron chi connectivity index (χ2n) is 3.82. The Bertz CT molecular complexity index is 181. The molecule has 1 saturated heterocycles. The molecule has 0 aliphatic carbocycles. The second-order valence-corrected chi connectivity index (χ2v) is 4.97. The van der Waals surface area contributed by atoms with Gasteiger partial charge in [-0.3, -0.25) is 4.79 Å². The molecule has 1 aliphatic rings. The molecule has 14 heavy (non-hydrogen) atoms. The first kappa shape index (κ1) is 11.9. The molecule has 2 N–H and O–H groups in total. The Morgan fingerprint density at radius 2 is 2.50 bits per heavy atom. The van der Waals surface area contributed by atoms with Crippen LogP contribution in [0.3, 0.4) is 0 Å². The number of carboxylic acid groups (broad SMARTS) is 1. The molecule has 1 aliphatic heterocycles. The molecule has 2 atom stereocenters. The van der Waals surface area contributed by atoms with Crippen molar-refractivity contribution in [2.24, 2.45) is 5.92 Å². The van der Waals surface area contributed by atoms with Crippen LogP contribution in [-0.2, 0) is 4.79 Å². The Hall–Kier alpha value is -0.220. The van der Waals surface area contributed by atoms with Crippen LogP contribution in [0.5, 0.6) is 0 Å². The lowest BCUT2D eigenvalue weighted by Crippen LogP contribution is -2.39. The summed E-state index contributed by atoms with van der Waals surface area (Å²) >= 11 is 1.97. The van der Waals surface area contributed by atoms with Gasteiger partial charge in [0.2, 0.25) is 0 Å². The highest BCUT2D eigenvalue weighted by Crippen LogP contribution is 2.22. The van der Waals surface area contributed by atoms with E-state index in [-0.39, 0.29) is 6.04 Å². The summed E-state index contributed by atoms with van der Waals surface area (Å²) in [6.07, 6.45) is 2.88. The van der Waals surface area contributed by atoms with Crippen LogP contribution >= 0.6 is 11.8 Å². The fourth-order valence-electron chi connectivity index (χ4n) is 1.65. The standard InChI is InChI=1S/C10H19NO2S/c1-2-3-9(10(12)13)11-6-8-4-5-14-7-8/h8-9,11H,2-7H2,1H3,(H,12,13). The van der Waals surface area contributed by atoms with Gasteiger partial charge in [-0.25, -0.2) is 0 Å². The lowest BCUT2D eigenvalue weighted by atomic mass is 10.1. The van der Waals surface area contributed by atoms with Gasteiger partial charge in [-0.05, 0) is 36.8 Å². The van der Waals surface area contributed by atoms with Gasteiger partial charge in [0.15, 0.2) is 0 Å². The van der Waals surface area contributed by atoms with Gasteiger partial charge in [0.25, 0.3) is 0 Å². The van der Waals surface area contributed by atoms with Crippen molar-refractivity contribution in [3.8, 4) is 0 Å². The van der Waals surface area contributed by atoms with Gasteiger partial charge in [0, 0.05) is 0 Å². The van der Waals surface area contributed by atoms with E-state index in [4.69, 9.17) is 5.11 Å². The second kappa shape index (κ2) is 6.30. The molecule has 3 nitrogen and oxygen atoms in total. The molecule has 1 heterocycles. The van der Waals surface area contributed by atoms with E-state index in [9.17, 15) is 4.79 Å². The average Bonchev–Trinajstić information content (AvgIpc) is 2.64. The minimum atomic E-state index is -0.711. The Balaban J connectivity index is 2.21. The number of hydrogen-bond acceptors (Lipinski definition) is 3. The fraction of sp³-hybridized carbons (Fsp3) is 0.900. The Kier molecular flexibility index (Phi) is 5.33. The number of carboxylic acids is 1. The van der Waals surface area contributed by atoms with Gasteiger partial charge in [-0.2, -0.15) is 11.8 Å². The highest BCUT2D eigenvalue weighted by Gasteiger charge is 2.20. The monoisotopic (exact) mass is 217 g/mol. The fourth-order valence-corrected chi connectivity index (χ4v) is 2.94. The lowest BCUT2D eigenvalue weighted by Gasteiger charge is -2.16. The zero-order valence-electron chi connectivity index (χ0n) is 8.66. The summed E-state index contributed by atoms with van der Waals surface area (Å²) in [6.45, 7) is 2.88. The topological polar surface area (TPSA) is 49.3 Å². The van der Waals surface area contributed by atoms with Crippen LogP contribution in [0.15, 0.2) is 0 Å². The van der Waals surface area contributed by atoms with Gasteiger partial charge < -0.3 is 10.4 Å². The molecular weight excluding hydrogens is 198 g/mol. The molecule has 0 aromatic heterocycles. The molecule has 0 bridgehead atoms. The summed E-state index contributed by atoms with van der Waals surface area (Å²) in [6, 6.07) is -0.342. The molecule has 0 amide bonds. The van der Waals surface area contributed by atoms with Crippen LogP contribution in [-0.4, -0.2) is 35.2 Å². The summed E-state index contributed by atoms with van der Waals surface area (Å²) in [5.41, 5.74) is 0. The van der Waals surface area contributed by atoms with E-state index in [1.807, 2.05) is 18.7 Å². The van der Waals surface area contributed by atoms with Gasteiger partial charge in [0.05, 0.1) is 0 Å². The van der Waals surface area contributed by atoms with Crippen molar-refractivity contribution in [3.05, 3.63) is 0 Å². The van der Waals surface area contributed by atoms with E-state index in [0.717, 1.165) is 19.4 Å². The van der Waals surface area contributed by atoms with Crippen LogP contribution < -0.4 is 5.32 Å². The predicted octanol–water partition coefficient (Wildman–Crippen LogP) is 1.58. The summed E-state index contributed by atoms with van der Waals surface area (Å²) < 4.78 is 0.